The summed E-state index contributed by atoms with van der Waals surface area (Å²) in [6.45, 7) is 3.14. The largest absolute Gasteiger partial charge is 0.389 e. The standard InChI is InChI=1S/C18H20N6O2/c1-12(25)13-9-20-16(21-10-13)18(26)22-14-4-7-24(11-14)17-15-3-2-6-23(15)8-5-19-17/h2-3,5-6,8-10,12,14,25H,4,7,11H2,1H3,(H,22,26)/t12?,14-/m0/s1. The van der Waals surface area contributed by atoms with E-state index in [2.05, 4.69) is 25.2 Å². The van der Waals surface area contributed by atoms with Crippen molar-refractivity contribution in [3.8, 4) is 0 Å². The van der Waals surface area contributed by atoms with Gasteiger partial charge in [-0.1, -0.05) is 0 Å². The third-order valence-corrected chi connectivity index (χ3v) is 4.61. The minimum Gasteiger partial charge on any atom is -0.389 e. The number of aromatic nitrogens is 4. The molecule has 2 atom stereocenters. The van der Waals surface area contributed by atoms with Gasteiger partial charge < -0.3 is 19.7 Å². The minimum absolute atomic E-state index is 0.0135. The summed E-state index contributed by atoms with van der Waals surface area (Å²) in [5.74, 6) is 0.731. The average Bonchev–Trinajstić information content (AvgIpc) is 3.30. The average molecular weight is 352 g/mol. The van der Waals surface area contributed by atoms with Crippen LogP contribution in [0.5, 0.6) is 0 Å². The monoisotopic (exact) mass is 352 g/mol. The molecule has 134 valence electrons. The number of aliphatic hydroxyl groups excluding tert-OH is 1. The van der Waals surface area contributed by atoms with Crippen LogP contribution in [0.25, 0.3) is 5.52 Å². The maximum absolute atomic E-state index is 12.4. The Morgan fingerprint density at radius 2 is 2.12 bits per heavy atom. The van der Waals surface area contributed by atoms with Crippen molar-refractivity contribution < 1.29 is 9.90 Å². The van der Waals surface area contributed by atoms with Gasteiger partial charge in [-0.05, 0) is 25.5 Å². The van der Waals surface area contributed by atoms with E-state index in [0.29, 0.717) is 12.1 Å². The number of anilines is 1. The first-order chi connectivity index (χ1) is 12.6. The molecule has 1 unspecified atom stereocenters. The van der Waals surface area contributed by atoms with Gasteiger partial charge in [-0.15, -0.1) is 0 Å². The molecule has 0 bridgehead atoms. The topological polar surface area (TPSA) is 95.7 Å². The number of rotatable bonds is 4. The molecule has 2 N–H and O–H groups in total. The smallest absolute Gasteiger partial charge is 0.289 e. The van der Waals surface area contributed by atoms with Gasteiger partial charge in [0.05, 0.1) is 11.6 Å². The van der Waals surface area contributed by atoms with E-state index in [4.69, 9.17) is 0 Å². The van der Waals surface area contributed by atoms with Crippen LogP contribution in [0.3, 0.4) is 0 Å². The number of carbonyl (C=O) groups is 1. The molecule has 0 radical (unpaired) electrons. The molecule has 0 spiro atoms. The van der Waals surface area contributed by atoms with Crippen molar-refractivity contribution in [3.05, 3.63) is 54.5 Å². The van der Waals surface area contributed by atoms with Crippen LogP contribution in [0.4, 0.5) is 5.82 Å². The maximum atomic E-state index is 12.4. The highest BCUT2D eigenvalue weighted by atomic mass is 16.3. The van der Waals surface area contributed by atoms with E-state index >= 15 is 0 Å². The van der Waals surface area contributed by atoms with Crippen molar-refractivity contribution in [1.29, 1.82) is 0 Å². The van der Waals surface area contributed by atoms with Crippen molar-refractivity contribution in [2.75, 3.05) is 18.0 Å². The lowest BCUT2D eigenvalue weighted by atomic mass is 10.2. The van der Waals surface area contributed by atoms with Gasteiger partial charge in [-0.3, -0.25) is 4.79 Å². The summed E-state index contributed by atoms with van der Waals surface area (Å²) in [6.07, 6.45) is 8.83. The van der Waals surface area contributed by atoms with Crippen LogP contribution >= 0.6 is 0 Å². The summed E-state index contributed by atoms with van der Waals surface area (Å²) in [5, 5.41) is 12.5. The van der Waals surface area contributed by atoms with Crippen LogP contribution in [0.2, 0.25) is 0 Å². The Hall–Kier alpha value is -3.00. The molecular formula is C18H20N6O2. The van der Waals surface area contributed by atoms with E-state index < -0.39 is 6.10 Å². The van der Waals surface area contributed by atoms with E-state index in [0.717, 1.165) is 24.3 Å². The van der Waals surface area contributed by atoms with Crippen LogP contribution in [0.15, 0.2) is 43.1 Å². The summed E-state index contributed by atoms with van der Waals surface area (Å²) < 4.78 is 2.03. The maximum Gasteiger partial charge on any atom is 0.289 e. The van der Waals surface area contributed by atoms with Gasteiger partial charge in [0.15, 0.2) is 5.82 Å². The normalized spacial score (nSPS) is 18.2. The Bertz CT molecular complexity index is 921. The summed E-state index contributed by atoms with van der Waals surface area (Å²) in [5.41, 5.74) is 1.64. The van der Waals surface area contributed by atoms with Crippen LogP contribution in [-0.4, -0.2) is 49.5 Å². The van der Waals surface area contributed by atoms with Crippen molar-refractivity contribution in [2.45, 2.75) is 25.5 Å². The van der Waals surface area contributed by atoms with Crippen molar-refractivity contribution >= 4 is 17.2 Å². The Balaban J connectivity index is 1.42. The molecule has 8 nitrogen and oxygen atoms in total. The van der Waals surface area contributed by atoms with Gasteiger partial charge in [0.25, 0.3) is 5.91 Å². The molecule has 0 aliphatic carbocycles. The van der Waals surface area contributed by atoms with E-state index in [1.54, 1.807) is 13.1 Å². The molecule has 4 rings (SSSR count). The molecule has 4 heterocycles. The third kappa shape index (κ3) is 3.11. The van der Waals surface area contributed by atoms with E-state index in [-0.39, 0.29) is 17.8 Å². The lowest BCUT2D eigenvalue weighted by Crippen LogP contribution is -2.38. The number of amides is 1. The van der Waals surface area contributed by atoms with Crippen LogP contribution in [-0.2, 0) is 0 Å². The second kappa shape index (κ2) is 6.72. The number of fused-ring (bicyclic) bond motifs is 1. The van der Waals surface area contributed by atoms with E-state index in [9.17, 15) is 9.90 Å². The molecule has 26 heavy (non-hydrogen) atoms. The quantitative estimate of drug-likeness (QED) is 0.732. The molecule has 8 heteroatoms. The van der Waals surface area contributed by atoms with E-state index in [1.807, 2.05) is 28.9 Å². The van der Waals surface area contributed by atoms with Gasteiger partial charge in [-0.2, -0.15) is 0 Å². The first kappa shape index (κ1) is 16.5. The minimum atomic E-state index is -0.653. The fraction of sp³-hybridized carbons (Fsp3) is 0.333. The molecule has 1 fully saturated rings. The fourth-order valence-electron chi connectivity index (χ4n) is 3.19. The van der Waals surface area contributed by atoms with Gasteiger partial charge in [0.2, 0.25) is 5.82 Å². The second-order valence-electron chi connectivity index (χ2n) is 6.47. The summed E-state index contributed by atoms with van der Waals surface area (Å²) in [7, 11) is 0. The number of aliphatic hydroxyl groups is 1. The Kier molecular flexibility index (Phi) is 4.26. The Labute approximate surface area is 150 Å². The lowest BCUT2D eigenvalue weighted by molar-refractivity contribution is 0.0929. The number of carbonyl (C=O) groups excluding carboxylic acids is 1. The number of nitrogens with one attached hydrogen (secondary N) is 1. The summed E-state index contributed by atoms with van der Waals surface area (Å²) in [4.78, 5) is 27.1. The molecule has 3 aromatic heterocycles. The van der Waals surface area contributed by atoms with Crippen LogP contribution in [0, 0.1) is 0 Å². The molecule has 1 saturated heterocycles. The second-order valence-corrected chi connectivity index (χ2v) is 6.47. The molecule has 3 aromatic rings. The predicted molar refractivity (Wildman–Crippen MR) is 95.9 cm³/mol. The Morgan fingerprint density at radius 1 is 1.31 bits per heavy atom. The number of nitrogens with zero attached hydrogens (tertiary/aromatic N) is 5. The van der Waals surface area contributed by atoms with Gasteiger partial charge in [-0.25, -0.2) is 15.0 Å². The first-order valence-electron chi connectivity index (χ1n) is 8.59. The van der Waals surface area contributed by atoms with Gasteiger partial charge >= 0.3 is 0 Å². The molecule has 1 aliphatic heterocycles. The number of hydrogen-bond donors (Lipinski definition) is 2. The highest BCUT2D eigenvalue weighted by Crippen LogP contribution is 2.23. The summed E-state index contributed by atoms with van der Waals surface area (Å²) >= 11 is 0. The highest BCUT2D eigenvalue weighted by molar-refractivity contribution is 5.90. The lowest BCUT2D eigenvalue weighted by Gasteiger charge is -2.19. The van der Waals surface area contributed by atoms with Gasteiger partial charge in [0.1, 0.15) is 0 Å². The van der Waals surface area contributed by atoms with Crippen LogP contribution < -0.4 is 10.2 Å². The third-order valence-electron chi connectivity index (χ3n) is 4.61. The Morgan fingerprint density at radius 3 is 2.88 bits per heavy atom. The van der Waals surface area contributed by atoms with Crippen molar-refractivity contribution in [2.24, 2.45) is 0 Å². The van der Waals surface area contributed by atoms with Gasteiger partial charge in [0, 0.05) is 55.7 Å². The SMILES string of the molecule is CC(O)c1cnc(C(=O)N[C@H]2CCN(c3nccn4cccc34)C2)nc1. The first-order valence-corrected chi connectivity index (χ1v) is 8.59. The van der Waals surface area contributed by atoms with Crippen LogP contribution in [0.1, 0.15) is 35.6 Å². The molecule has 0 aromatic carbocycles. The summed E-state index contributed by atoms with van der Waals surface area (Å²) in [6, 6.07) is 4.04. The zero-order valence-corrected chi connectivity index (χ0v) is 14.4. The number of hydrogen-bond acceptors (Lipinski definition) is 6. The predicted octanol–water partition coefficient (Wildman–Crippen LogP) is 1.19. The molecule has 1 aliphatic rings. The van der Waals surface area contributed by atoms with E-state index in [1.165, 1.54) is 12.4 Å². The zero-order valence-electron chi connectivity index (χ0n) is 14.4. The van der Waals surface area contributed by atoms with Crippen molar-refractivity contribution in [1.82, 2.24) is 24.7 Å². The molecule has 1 amide bonds. The molecular weight excluding hydrogens is 332 g/mol. The zero-order chi connectivity index (χ0) is 18.1. The molecule has 0 saturated carbocycles. The van der Waals surface area contributed by atoms with Crippen molar-refractivity contribution in [3.63, 3.8) is 0 Å². The highest BCUT2D eigenvalue weighted by Gasteiger charge is 2.27. The fourth-order valence-corrected chi connectivity index (χ4v) is 3.19.